The molecule has 1 fully saturated rings. The standard InChI is InChI=1S/C33H34N4O2S/c1-22-34-29(21-40-22)32-35-27-13-7-8-14-30(27)37(32)19-23-15-17-26(18-16-23)31(25-11-5-6-12-25)33(39)36-28(20-38)24-9-3-2-4-10-24/h2-4,7-10,13-18,21,25,28,31,38H,5-6,11-12,19-20H2,1H3,(H,36,39)/t28-,31?/m0/s1. The highest BCUT2D eigenvalue weighted by Crippen LogP contribution is 2.38. The van der Waals surface area contributed by atoms with Gasteiger partial charge in [0.1, 0.15) is 5.69 Å². The van der Waals surface area contributed by atoms with Gasteiger partial charge in [0.05, 0.1) is 34.6 Å². The van der Waals surface area contributed by atoms with Crippen molar-refractivity contribution in [1.29, 1.82) is 0 Å². The average Bonchev–Trinajstić information content (AvgIpc) is 3.74. The molecule has 0 radical (unpaired) electrons. The molecule has 40 heavy (non-hydrogen) atoms. The Bertz CT molecular complexity index is 1590. The summed E-state index contributed by atoms with van der Waals surface area (Å²) in [5, 5.41) is 16.3. The van der Waals surface area contributed by atoms with Gasteiger partial charge < -0.3 is 15.0 Å². The number of para-hydroxylation sites is 2. The zero-order chi connectivity index (χ0) is 27.5. The Morgan fingerprint density at radius 3 is 2.40 bits per heavy atom. The number of carbonyl (C=O) groups is 1. The second kappa shape index (κ2) is 11.7. The Morgan fingerprint density at radius 2 is 1.70 bits per heavy atom. The van der Waals surface area contributed by atoms with Crippen molar-refractivity contribution in [3.05, 3.63) is 106 Å². The number of aliphatic hydroxyl groups excluding tert-OH is 1. The normalized spacial score (nSPS) is 15.3. The van der Waals surface area contributed by atoms with E-state index in [0.29, 0.717) is 12.5 Å². The Hall–Kier alpha value is -3.81. The number of rotatable bonds is 9. The van der Waals surface area contributed by atoms with Crippen molar-refractivity contribution in [3.8, 4) is 11.5 Å². The quantitative estimate of drug-likeness (QED) is 0.216. The van der Waals surface area contributed by atoms with Crippen molar-refractivity contribution in [2.75, 3.05) is 6.61 Å². The summed E-state index contributed by atoms with van der Waals surface area (Å²) in [6, 6.07) is 26.0. The van der Waals surface area contributed by atoms with Crippen LogP contribution in [0, 0.1) is 12.8 Å². The molecule has 7 heteroatoms. The van der Waals surface area contributed by atoms with E-state index in [1.807, 2.05) is 55.5 Å². The van der Waals surface area contributed by atoms with E-state index in [9.17, 15) is 9.90 Å². The van der Waals surface area contributed by atoms with Crippen molar-refractivity contribution in [2.24, 2.45) is 5.92 Å². The minimum Gasteiger partial charge on any atom is -0.394 e. The van der Waals surface area contributed by atoms with Gasteiger partial charge in [0, 0.05) is 11.9 Å². The molecule has 6 nitrogen and oxygen atoms in total. The Balaban J connectivity index is 1.28. The minimum atomic E-state index is -0.417. The van der Waals surface area contributed by atoms with E-state index in [-0.39, 0.29) is 18.4 Å². The number of imidazole rings is 1. The number of hydrogen-bond acceptors (Lipinski definition) is 5. The number of fused-ring (bicyclic) bond motifs is 1. The molecular weight excluding hydrogens is 516 g/mol. The Labute approximate surface area is 238 Å². The number of amides is 1. The molecule has 1 aliphatic rings. The van der Waals surface area contributed by atoms with E-state index in [0.717, 1.165) is 69.9 Å². The van der Waals surface area contributed by atoms with Gasteiger partial charge in [-0.05, 0) is 54.5 Å². The van der Waals surface area contributed by atoms with Gasteiger partial charge >= 0.3 is 0 Å². The molecule has 6 rings (SSSR count). The molecule has 2 atom stereocenters. The highest BCUT2D eigenvalue weighted by atomic mass is 32.1. The molecule has 1 aliphatic carbocycles. The van der Waals surface area contributed by atoms with Gasteiger partial charge in [0.15, 0.2) is 5.82 Å². The number of aliphatic hydroxyl groups is 1. The predicted octanol–water partition coefficient (Wildman–Crippen LogP) is 6.64. The fourth-order valence-electron chi connectivity index (χ4n) is 6.02. The molecule has 1 unspecified atom stereocenters. The van der Waals surface area contributed by atoms with Gasteiger partial charge in [-0.2, -0.15) is 0 Å². The van der Waals surface area contributed by atoms with Crippen LogP contribution in [0.2, 0.25) is 0 Å². The van der Waals surface area contributed by atoms with Crippen LogP contribution in [0.4, 0.5) is 0 Å². The summed E-state index contributed by atoms with van der Waals surface area (Å²) >= 11 is 1.63. The second-order valence-electron chi connectivity index (χ2n) is 10.7. The van der Waals surface area contributed by atoms with Gasteiger partial charge in [-0.1, -0.05) is 79.6 Å². The van der Waals surface area contributed by atoms with Gasteiger partial charge in [0.2, 0.25) is 5.91 Å². The molecule has 2 aromatic heterocycles. The molecule has 3 aromatic carbocycles. The van der Waals surface area contributed by atoms with Crippen molar-refractivity contribution < 1.29 is 9.90 Å². The number of aromatic nitrogens is 3. The van der Waals surface area contributed by atoms with E-state index in [2.05, 4.69) is 45.6 Å². The van der Waals surface area contributed by atoms with Crippen molar-refractivity contribution in [3.63, 3.8) is 0 Å². The molecule has 0 spiro atoms. The van der Waals surface area contributed by atoms with Crippen LogP contribution < -0.4 is 5.32 Å². The van der Waals surface area contributed by atoms with Crippen molar-refractivity contribution in [1.82, 2.24) is 19.9 Å². The number of thiazole rings is 1. The first kappa shape index (κ1) is 26.4. The van der Waals surface area contributed by atoms with E-state index in [1.165, 1.54) is 0 Å². The lowest BCUT2D eigenvalue weighted by atomic mass is 9.83. The van der Waals surface area contributed by atoms with Crippen LogP contribution in [0.25, 0.3) is 22.6 Å². The fourth-order valence-corrected chi connectivity index (χ4v) is 6.61. The summed E-state index contributed by atoms with van der Waals surface area (Å²) in [7, 11) is 0. The third kappa shape index (κ3) is 5.44. The van der Waals surface area contributed by atoms with Crippen LogP contribution >= 0.6 is 11.3 Å². The van der Waals surface area contributed by atoms with E-state index in [1.54, 1.807) is 11.3 Å². The summed E-state index contributed by atoms with van der Waals surface area (Å²) in [4.78, 5) is 23.3. The maximum absolute atomic E-state index is 13.7. The number of hydrogen-bond donors (Lipinski definition) is 2. The highest BCUT2D eigenvalue weighted by Gasteiger charge is 2.33. The monoisotopic (exact) mass is 550 g/mol. The molecule has 5 aromatic rings. The van der Waals surface area contributed by atoms with Crippen LogP contribution in [-0.2, 0) is 11.3 Å². The zero-order valence-corrected chi connectivity index (χ0v) is 23.5. The first-order valence-corrected chi connectivity index (χ1v) is 14.9. The lowest BCUT2D eigenvalue weighted by Gasteiger charge is -2.26. The van der Waals surface area contributed by atoms with E-state index >= 15 is 0 Å². The SMILES string of the molecule is Cc1nc(-c2nc3ccccc3n2Cc2ccc(C(C(=O)N[C@@H](CO)c3ccccc3)C3CCCC3)cc2)cs1. The fraction of sp³-hybridized carbons (Fsp3) is 0.303. The van der Waals surface area contributed by atoms with Crippen LogP contribution in [0.3, 0.4) is 0 Å². The second-order valence-corrected chi connectivity index (χ2v) is 11.7. The molecule has 204 valence electrons. The van der Waals surface area contributed by atoms with Gasteiger partial charge in [-0.3, -0.25) is 4.79 Å². The maximum Gasteiger partial charge on any atom is 0.228 e. The third-order valence-corrected chi connectivity index (χ3v) is 8.81. The molecule has 2 heterocycles. The predicted molar refractivity (Wildman–Crippen MR) is 160 cm³/mol. The van der Waals surface area contributed by atoms with Crippen molar-refractivity contribution >= 4 is 28.3 Å². The zero-order valence-electron chi connectivity index (χ0n) is 22.7. The highest BCUT2D eigenvalue weighted by molar-refractivity contribution is 7.09. The molecule has 0 aliphatic heterocycles. The Kier molecular flexibility index (Phi) is 7.75. The van der Waals surface area contributed by atoms with Crippen LogP contribution in [-0.4, -0.2) is 32.2 Å². The van der Waals surface area contributed by atoms with Crippen LogP contribution in [0.15, 0.2) is 84.2 Å². The number of carbonyl (C=O) groups excluding carboxylic acids is 1. The number of nitrogens with zero attached hydrogens (tertiary/aromatic N) is 3. The van der Waals surface area contributed by atoms with Crippen molar-refractivity contribution in [2.45, 2.75) is 51.1 Å². The first-order chi connectivity index (χ1) is 19.6. The summed E-state index contributed by atoms with van der Waals surface area (Å²) in [5.74, 6) is 0.924. The summed E-state index contributed by atoms with van der Waals surface area (Å²) in [6.07, 6.45) is 4.40. The van der Waals surface area contributed by atoms with Gasteiger partial charge in [-0.25, -0.2) is 9.97 Å². The molecule has 1 saturated carbocycles. The van der Waals surface area contributed by atoms with E-state index < -0.39 is 6.04 Å². The number of aryl methyl sites for hydroxylation is 1. The topological polar surface area (TPSA) is 80.0 Å². The lowest BCUT2D eigenvalue weighted by molar-refractivity contribution is -0.124. The lowest BCUT2D eigenvalue weighted by Crippen LogP contribution is -2.37. The average molecular weight is 551 g/mol. The summed E-state index contributed by atoms with van der Waals surface area (Å²) in [5.41, 5.74) is 6.01. The Morgan fingerprint density at radius 1 is 0.975 bits per heavy atom. The number of nitrogens with one attached hydrogen (secondary N) is 1. The number of benzene rings is 3. The molecule has 0 bridgehead atoms. The van der Waals surface area contributed by atoms with Crippen LogP contribution in [0.5, 0.6) is 0 Å². The molecule has 1 amide bonds. The largest absolute Gasteiger partial charge is 0.394 e. The van der Waals surface area contributed by atoms with Crippen LogP contribution in [0.1, 0.15) is 59.3 Å². The molecule has 0 saturated heterocycles. The van der Waals surface area contributed by atoms with E-state index in [4.69, 9.17) is 9.97 Å². The minimum absolute atomic E-state index is 0.00987. The molecular formula is C33H34N4O2S. The molecule has 2 N–H and O–H groups in total. The maximum atomic E-state index is 13.7. The van der Waals surface area contributed by atoms with Gasteiger partial charge in [-0.15, -0.1) is 11.3 Å². The smallest absolute Gasteiger partial charge is 0.228 e. The summed E-state index contributed by atoms with van der Waals surface area (Å²) < 4.78 is 2.23. The van der Waals surface area contributed by atoms with Gasteiger partial charge in [0.25, 0.3) is 0 Å². The summed E-state index contributed by atoms with van der Waals surface area (Å²) in [6.45, 7) is 2.54. The third-order valence-electron chi connectivity index (χ3n) is 8.04. The first-order valence-electron chi connectivity index (χ1n) is 14.0.